The highest BCUT2D eigenvalue weighted by Gasteiger charge is 2.20. The minimum atomic E-state index is -0.592. The van der Waals surface area contributed by atoms with Crippen LogP contribution in [0.5, 0.6) is 0 Å². The van der Waals surface area contributed by atoms with Crippen LogP contribution < -0.4 is 10.7 Å². The Kier molecular flexibility index (Phi) is 4.43. The van der Waals surface area contributed by atoms with Crippen molar-refractivity contribution < 1.29 is 13.8 Å². The lowest BCUT2D eigenvalue weighted by Crippen LogP contribution is -2.15. The summed E-state index contributed by atoms with van der Waals surface area (Å²) in [4.78, 5) is 25.1. The van der Waals surface area contributed by atoms with Crippen LogP contribution in [0.2, 0.25) is 0 Å². The predicted octanol–water partition coefficient (Wildman–Crippen LogP) is 4.28. The van der Waals surface area contributed by atoms with E-state index in [1.165, 1.54) is 23.6 Å². The lowest BCUT2D eigenvalue weighted by molar-refractivity contribution is 0.0996. The molecule has 1 aliphatic carbocycles. The molecule has 0 saturated carbocycles. The number of amides is 1. The first kappa shape index (κ1) is 18.3. The Morgan fingerprint density at radius 1 is 1.00 bits per heavy atom. The first-order chi connectivity index (χ1) is 14.6. The summed E-state index contributed by atoms with van der Waals surface area (Å²) in [6.45, 7) is 1.89. The number of nitrogens with one attached hydrogen (secondary N) is 1. The number of aryl methyl sites for hydroxylation is 3. The maximum absolute atomic E-state index is 12.8. The number of hydrogen-bond acceptors (Lipinski definition) is 6. The second-order valence-electron chi connectivity index (χ2n) is 7.58. The van der Waals surface area contributed by atoms with Crippen LogP contribution in [0.3, 0.4) is 0 Å². The highest BCUT2D eigenvalue weighted by Crippen LogP contribution is 2.30. The van der Waals surface area contributed by atoms with Crippen LogP contribution in [-0.4, -0.2) is 16.2 Å². The maximum Gasteiger partial charge on any atom is 0.292 e. The Hall–Kier alpha value is -3.74. The van der Waals surface area contributed by atoms with Crippen LogP contribution in [-0.2, 0) is 12.8 Å². The zero-order chi connectivity index (χ0) is 20.7. The van der Waals surface area contributed by atoms with Crippen molar-refractivity contribution in [3.05, 3.63) is 75.1 Å². The third-order valence-electron chi connectivity index (χ3n) is 5.45. The molecular weight excluding hydrogens is 382 g/mol. The fourth-order valence-electron chi connectivity index (χ4n) is 3.88. The van der Waals surface area contributed by atoms with Gasteiger partial charge in [0.25, 0.3) is 5.91 Å². The first-order valence-corrected chi connectivity index (χ1v) is 9.89. The number of nitrogens with zero attached hydrogens (tertiary/aromatic N) is 2. The van der Waals surface area contributed by atoms with Gasteiger partial charge in [-0.05, 0) is 77.8 Å². The van der Waals surface area contributed by atoms with Crippen LogP contribution in [0.1, 0.15) is 40.1 Å². The molecule has 1 amide bonds. The zero-order valence-electron chi connectivity index (χ0n) is 16.4. The summed E-state index contributed by atoms with van der Waals surface area (Å²) in [6, 6.07) is 12.5. The van der Waals surface area contributed by atoms with Gasteiger partial charge in [-0.3, -0.25) is 14.9 Å². The number of hydrogen-bond donors (Lipinski definition) is 1. The zero-order valence-corrected chi connectivity index (χ0v) is 16.4. The van der Waals surface area contributed by atoms with Crippen molar-refractivity contribution in [1.82, 2.24) is 10.3 Å². The van der Waals surface area contributed by atoms with Gasteiger partial charge >= 0.3 is 0 Å². The van der Waals surface area contributed by atoms with E-state index < -0.39 is 5.91 Å². The van der Waals surface area contributed by atoms with Crippen molar-refractivity contribution >= 4 is 22.7 Å². The number of anilines is 1. The Morgan fingerprint density at radius 2 is 1.83 bits per heavy atom. The molecule has 0 radical (unpaired) electrons. The van der Waals surface area contributed by atoms with Gasteiger partial charge in [0.15, 0.2) is 16.9 Å². The van der Waals surface area contributed by atoms with Crippen LogP contribution in [0.15, 0.2) is 56.3 Å². The largest absolute Gasteiger partial charge is 0.451 e. The predicted molar refractivity (Wildman–Crippen MR) is 112 cm³/mol. The second-order valence-corrected chi connectivity index (χ2v) is 7.58. The van der Waals surface area contributed by atoms with Crippen LogP contribution in [0.25, 0.3) is 22.2 Å². The molecule has 2 heterocycles. The van der Waals surface area contributed by atoms with E-state index in [0.29, 0.717) is 16.7 Å². The molecule has 2 aromatic heterocycles. The molecule has 7 heteroatoms. The Morgan fingerprint density at radius 3 is 2.70 bits per heavy atom. The fraction of sp³-hybridized carbons (Fsp3) is 0.217. The van der Waals surface area contributed by atoms with Gasteiger partial charge in [-0.25, -0.2) is 4.63 Å². The van der Waals surface area contributed by atoms with Gasteiger partial charge in [-0.1, -0.05) is 18.2 Å². The standard InChI is InChI=1S/C23H19N3O4/c1-13-6-9-17-18(27)12-20(29-19(17)10-13)23(28)24-22-21(25-30-26-22)16-8-7-14-4-2-3-5-15(14)11-16/h6-12H,2-5H2,1H3,(H,24,26,28). The fourth-order valence-corrected chi connectivity index (χ4v) is 3.88. The van der Waals surface area contributed by atoms with Crippen LogP contribution in [0.4, 0.5) is 5.82 Å². The number of carbonyl (C=O) groups excluding carboxylic acids is 1. The highest BCUT2D eigenvalue weighted by atomic mass is 16.6. The second kappa shape index (κ2) is 7.26. The molecule has 0 unspecified atom stereocenters. The minimum absolute atomic E-state index is 0.0995. The molecule has 0 bridgehead atoms. The van der Waals surface area contributed by atoms with E-state index in [9.17, 15) is 9.59 Å². The molecule has 0 fully saturated rings. The molecule has 4 aromatic rings. The molecule has 1 N–H and O–H groups in total. The molecule has 150 valence electrons. The lowest BCUT2D eigenvalue weighted by Gasteiger charge is -2.16. The third-order valence-corrected chi connectivity index (χ3v) is 5.45. The minimum Gasteiger partial charge on any atom is -0.451 e. The highest BCUT2D eigenvalue weighted by molar-refractivity contribution is 6.04. The summed E-state index contributed by atoms with van der Waals surface area (Å²) in [5.74, 6) is -0.509. The molecule has 5 rings (SSSR count). The van der Waals surface area contributed by atoms with E-state index in [4.69, 9.17) is 9.05 Å². The average Bonchev–Trinajstić information content (AvgIpc) is 3.21. The molecule has 0 spiro atoms. The molecule has 0 saturated heterocycles. The van der Waals surface area contributed by atoms with Gasteiger partial charge in [-0.15, -0.1) is 0 Å². The number of benzene rings is 2. The van der Waals surface area contributed by atoms with E-state index >= 15 is 0 Å². The molecular formula is C23H19N3O4. The van der Waals surface area contributed by atoms with Gasteiger partial charge in [0.05, 0.1) is 5.39 Å². The van der Waals surface area contributed by atoms with Gasteiger partial charge in [0.1, 0.15) is 5.58 Å². The van der Waals surface area contributed by atoms with E-state index in [1.54, 1.807) is 12.1 Å². The molecule has 30 heavy (non-hydrogen) atoms. The molecule has 0 atom stereocenters. The van der Waals surface area contributed by atoms with Crippen molar-refractivity contribution in [3.8, 4) is 11.3 Å². The monoisotopic (exact) mass is 401 g/mol. The van der Waals surface area contributed by atoms with E-state index in [1.807, 2.05) is 19.1 Å². The van der Waals surface area contributed by atoms with E-state index in [-0.39, 0.29) is 17.0 Å². The van der Waals surface area contributed by atoms with Crippen molar-refractivity contribution in [2.24, 2.45) is 0 Å². The molecule has 2 aromatic carbocycles. The normalized spacial score (nSPS) is 13.2. The summed E-state index contributed by atoms with van der Waals surface area (Å²) in [6.07, 6.45) is 4.47. The Bertz CT molecular complexity index is 1340. The number of fused-ring (bicyclic) bond motifs is 2. The van der Waals surface area contributed by atoms with Gasteiger partial charge in [-0.2, -0.15) is 0 Å². The Labute approximate surface area is 171 Å². The van der Waals surface area contributed by atoms with Gasteiger partial charge < -0.3 is 4.42 Å². The summed E-state index contributed by atoms with van der Waals surface area (Å²) in [5.41, 5.74) is 4.91. The quantitative estimate of drug-likeness (QED) is 0.550. The number of carbonyl (C=O) groups is 1. The maximum atomic E-state index is 12.8. The number of rotatable bonds is 3. The Balaban J connectivity index is 1.46. The first-order valence-electron chi connectivity index (χ1n) is 9.89. The smallest absolute Gasteiger partial charge is 0.292 e. The third kappa shape index (κ3) is 3.28. The molecule has 1 aliphatic rings. The lowest BCUT2D eigenvalue weighted by atomic mass is 9.90. The molecule has 7 nitrogen and oxygen atoms in total. The topological polar surface area (TPSA) is 98.2 Å². The van der Waals surface area contributed by atoms with Crippen molar-refractivity contribution in [2.75, 3.05) is 5.32 Å². The van der Waals surface area contributed by atoms with E-state index in [0.717, 1.165) is 30.4 Å². The van der Waals surface area contributed by atoms with E-state index in [2.05, 4.69) is 27.8 Å². The van der Waals surface area contributed by atoms with Crippen molar-refractivity contribution in [3.63, 3.8) is 0 Å². The summed E-state index contributed by atoms with van der Waals surface area (Å²) in [5, 5.41) is 10.9. The van der Waals surface area contributed by atoms with Crippen LogP contribution >= 0.6 is 0 Å². The van der Waals surface area contributed by atoms with Crippen molar-refractivity contribution in [1.29, 1.82) is 0 Å². The SMILES string of the molecule is Cc1ccc2c(=O)cc(C(=O)Nc3nonc3-c3ccc4c(c3)CCCC4)oc2c1. The van der Waals surface area contributed by atoms with Crippen LogP contribution in [0, 0.1) is 6.92 Å². The summed E-state index contributed by atoms with van der Waals surface area (Å²) >= 11 is 0. The van der Waals surface area contributed by atoms with Crippen molar-refractivity contribution in [2.45, 2.75) is 32.6 Å². The number of aromatic nitrogens is 2. The summed E-state index contributed by atoms with van der Waals surface area (Å²) < 4.78 is 10.5. The van der Waals surface area contributed by atoms with Gasteiger partial charge in [0, 0.05) is 11.6 Å². The molecule has 0 aliphatic heterocycles. The van der Waals surface area contributed by atoms with Gasteiger partial charge in [0.2, 0.25) is 5.82 Å². The average molecular weight is 401 g/mol. The summed E-state index contributed by atoms with van der Waals surface area (Å²) in [7, 11) is 0.